The molecular formula is C24H21N3O5. The number of aromatic nitrogens is 1. The molecule has 0 unspecified atom stereocenters. The fourth-order valence-electron chi connectivity index (χ4n) is 3.61. The SMILES string of the molecule is COc1ccc(C(=O)NNC(=O)Cn2c3ccccc3c(=O)c3ccccc32)cc1OC. The number of nitrogens with zero attached hydrogens (tertiary/aromatic N) is 1. The molecule has 0 atom stereocenters. The number of benzene rings is 3. The molecule has 0 radical (unpaired) electrons. The summed E-state index contributed by atoms with van der Waals surface area (Å²) in [7, 11) is 2.97. The van der Waals surface area contributed by atoms with Gasteiger partial charge in [0.05, 0.1) is 25.3 Å². The van der Waals surface area contributed by atoms with Gasteiger partial charge in [0.15, 0.2) is 16.9 Å². The van der Waals surface area contributed by atoms with Crippen LogP contribution in [0.1, 0.15) is 10.4 Å². The molecule has 0 fully saturated rings. The molecule has 0 saturated heterocycles. The number of rotatable bonds is 5. The molecule has 4 rings (SSSR count). The van der Waals surface area contributed by atoms with Crippen molar-refractivity contribution in [3.63, 3.8) is 0 Å². The molecule has 1 aromatic heterocycles. The second kappa shape index (κ2) is 8.81. The van der Waals surface area contributed by atoms with Crippen LogP contribution in [0.2, 0.25) is 0 Å². The van der Waals surface area contributed by atoms with Gasteiger partial charge in [-0.1, -0.05) is 24.3 Å². The van der Waals surface area contributed by atoms with Crippen molar-refractivity contribution in [2.75, 3.05) is 14.2 Å². The first-order valence-corrected chi connectivity index (χ1v) is 9.85. The van der Waals surface area contributed by atoms with Crippen LogP contribution in [-0.4, -0.2) is 30.6 Å². The van der Waals surface area contributed by atoms with Crippen LogP contribution in [-0.2, 0) is 11.3 Å². The molecule has 4 aromatic rings. The summed E-state index contributed by atoms with van der Waals surface area (Å²) < 4.78 is 12.1. The number of fused-ring (bicyclic) bond motifs is 2. The summed E-state index contributed by atoms with van der Waals surface area (Å²) >= 11 is 0. The van der Waals surface area contributed by atoms with Gasteiger partial charge in [0, 0.05) is 16.3 Å². The molecule has 0 aliphatic carbocycles. The zero-order valence-corrected chi connectivity index (χ0v) is 17.5. The first-order valence-electron chi connectivity index (χ1n) is 9.85. The standard InChI is InChI=1S/C24H21N3O5/c1-31-20-12-11-15(13-21(20)32-2)24(30)26-25-22(28)14-27-18-9-5-3-7-16(18)23(29)17-8-4-6-10-19(17)27/h3-13H,14H2,1-2H3,(H,25,28)(H,26,30). The quantitative estimate of drug-likeness (QED) is 0.374. The van der Waals surface area contributed by atoms with Gasteiger partial charge in [-0.2, -0.15) is 0 Å². The summed E-state index contributed by atoms with van der Waals surface area (Å²) in [4.78, 5) is 37.9. The van der Waals surface area contributed by atoms with Crippen molar-refractivity contribution >= 4 is 33.6 Å². The van der Waals surface area contributed by atoms with Gasteiger partial charge in [0.1, 0.15) is 6.54 Å². The summed E-state index contributed by atoms with van der Waals surface area (Å²) in [5, 5.41) is 1.04. The van der Waals surface area contributed by atoms with E-state index in [1.165, 1.54) is 20.3 Å². The van der Waals surface area contributed by atoms with E-state index in [1.54, 1.807) is 53.1 Å². The van der Waals surface area contributed by atoms with E-state index in [0.717, 1.165) is 0 Å². The van der Waals surface area contributed by atoms with Crippen molar-refractivity contribution in [2.24, 2.45) is 0 Å². The Morgan fingerprint density at radius 3 is 2.00 bits per heavy atom. The summed E-state index contributed by atoms with van der Waals surface area (Å²) in [6.45, 7) is -0.0898. The van der Waals surface area contributed by atoms with E-state index in [2.05, 4.69) is 10.9 Å². The number of hydrogen-bond donors (Lipinski definition) is 2. The topological polar surface area (TPSA) is 98.7 Å². The zero-order chi connectivity index (χ0) is 22.7. The third-order valence-electron chi connectivity index (χ3n) is 5.14. The summed E-state index contributed by atoms with van der Waals surface area (Å²) in [5.41, 5.74) is 6.31. The molecule has 1 heterocycles. The lowest BCUT2D eigenvalue weighted by Crippen LogP contribution is -2.43. The molecule has 0 aliphatic rings. The number of carbonyl (C=O) groups excluding carboxylic acids is 2. The van der Waals surface area contributed by atoms with Crippen LogP contribution in [0.25, 0.3) is 21.8 Å². The minimum absolute atomic E-state index is 0.0883. The zero-order valence-electron chi connectivity index (χ0n) is 17.5. The highest BCUT2D eigenvalue weighted by molar-refractivity contribution is 5.97. The lowest BCUT2D eigenvalue weighted by molar-refractivity contribution is -0.122. The molecule has 0 bridgehead atoms. The van der Waals surface area contributed by atoms with Crippen molar-refractivity contribution in [1.29, 1.82) is 0 Å². The van der Waals surface area contributed by atoms with Crippen molar-refractivity contribution in [2.45, 2.75) is 6.54 Å². The molecule has 0 saturated carbocycles. The summed E-state index contributed by atoms with van der Waals surface area (Å²) in [5.74, 6) is -0.0607. The van der Waals surface area contributed by atoms with E-state index < -0.39 is 11.8 Å². The number of amides is 2. The summed E-state index contributed by atoms with van der Waals surface area (Å²) in [6.07, 6.45) is 0. The first kappa shape index (κ1) is 20.9. The molecule has 32 heavy (non-hydrogen) atoms. The number of nitrogens with one attached hydrogen (secondary N) is 2. The van der Waals surface area contributed by atoms with Crippen LogP contribution in [0.15, 0.2) is 71.5 Å². The van der Waals surface area contributed by atoms with Crippen LogP contribution in [0, 0.1) is 0 Å². The minimum Gasteiger partial charge on any atom is -0.493 e. The molecule has 0 aliphatic heterocycles. The van der Waals surface area contributed by atoms with Gasteiger partial charge in [0.25, 0.3) is 11.8 Å². The lowest BCUT2D eigenvalue weighted by atomic mass is 10.1. The number of methoxy groups -OCH3 is 2. The second-order valence-corrected chi connectivity index (χ2v) is 7.02. The Balaban J connectivity index is 1.57. The number of pyridine rings is 1. The number of hydrogen-bond acceptors (Lipinski definition) is 5. The Bertz CT molecular complexity index is 1330. The van der Waals surface area contributed by atoms with Crippen molar-refractivity contribution in [3.05, 3.63) is 82.5 Å². The smallest absolute Gasteiger partial charge is 0.269 e. The Labute approximate surface area is 183 Å². The van der Waals surface area contributed by atoms with Crippen LogP contribution in [0.4, 0.5) is 0 Å². The molecule has 8 nitrogen and oxygen atoms in total. The molecule has 2 N–H and O–H groups in total. The monoisotopic (exact) mass is 431 g/mol. The highest BCUT2D eigenvalue weighted by atomic mass is 16.5. The van der Waals surface area contributed by atoms with Gasteiger partial charge in [0.2, 0.25) is 0 Å². The molecule has 0 spiro atoms. The van der Waals surface area contributed by atoms with E-state index in [9.17, 15) is 14.4 Å². The van der Waals surface area contributed by atoms with Crippen molar-refractivity contribution in [3.8, 4) is 11.5 Å². The number of carbonyl (C=O) groups is 2. The predicted molar refractivity (Wildman–Crippen MR) is 121 cm³/mol. The van der Waals surface area contributed by atoms with Crippen molar-refractivity contribution < 1.29 is 19.1 Å². The maximum absolute atomic E-state index is 12.8. The van der Waals surface area contributed by atoms with E-state index in [4.69, 9.17) is 9.47 Å². The maximum atomic E-state index is 12.8. The van der Waals surface area contributed by atoms with Crippen LogP contribution >= 0.6 is 0 Å². The fourth-order valence-corrected chi connectivity index (χ4v) is 3.61. The van der Waals surface area contributed by atoms with E-state index >= 15 is 0 Å². The largest absolute Gasteiger partial charge is 0.493 e. The minimum atomic E-state index is -0.506. The lowest BCUT2D eigenvalue weighted by Gasteiger charge is -2.15. The van der Waals surface area contributed by atoms with Gasteiger partial charge in [-0.15, -0.1) is 0 Å². The summed E-state index contributed by atoms with van der Waals surface area (Å²) in [6, 6.07) is 18.9. The predicted octanol–water partition coefficient (Wildman–Crippen LogP) is 2.63. The molecule has 162 valence electrons. The highest BCUT2D eigenvalue weighted by Crippen LogP contribution is 2.27. The third-order valence-corrected chi connectivity index (χ3v) is 5.14. The van der Waals surface area contributed by atoms with Gasteiger partial charge < -0.3 is 14.0 Å². The first-order chi connectivity index (χ1) is 15.5. The fraction of sp³-hybridized carbons (Fsp3) is 0.125. The van der Waals surface area contributed by atoms with E-state index in [-0.39, 0.29) is 12.0 Å². The number of ether oxygens (including phenoxy) is 2. The maximum Gasteiger partial charge on any atom is 0.269 e. The normalized spacial score (nSPS) is 10.7. The average molecular weight is 431 g/mol. The van der Waals surface area contributed by atoms with Gasteiger partial charge in [-0.05, 0) is 42.5 Å². The number of hydrazine groups is 1. The second-order valence-electron chi connectivity index (χ2n) is 7.02. The highest BCUT2D eigenvalue weighted by Gasteiger charge is 2.15. The number of para-hydroxylation sites is 2. The van der Waals surface area contributed by atoms with Crippen molar-refractivity contribution in [1.82, 2.24) is 15.4 Å². The van der Waals surface area contributed by atoms with Gasteiger partial charge >= 0.3 is 0 Å². The molecule has 8 heteroatoms. The molecule has 3 aromatic carbocycles. The average Bonchev–Trinajstić information content (AvgIpc) is 2.84. The molecular weight excluding hydrogens is 410 g/mol. The molecule has 2 amide bonds. The Hall–Kier alpha value is -4.33. The Morgan fingerprint density at radius 1 is 0.812 bits per heavy atom. The van der Waals surface area contributed by atoms with E-state index in [1.807, 2.05) is 12.1 Å². The van der Waals surface area contributed by atoms with E-state index in [0.29, 0.717) is 38.9 Å². The Kier molecular flexibility index (Phi) is 5.76. The van der Waals surface area contributed by atoms with Crippen LogP contribution in [0.3, 0.4) is 0 Å². The van der Waals surface area contributed by atoms with Crippen LogP contribution in [0.5, 0.6) is 11.5 Å². The van der Waals surface area contributed by atoms with Gasteiger partial charge in [-0.3, -0.25) is 25.2 Å². The van der Waals surface area contributed by atoms with Gasteiger partial charge in [-0.25, -0.2) is 0 Å². The van der Waals surface area contributed by atoms with Crippen LogP contribution < -0.4 is 25.8 Å². The third kappa shape index (κ3) is 3.85. The Morgan fingerprint density at radius 2 is 1.41 bits per heavy atom.